The third-order valence-electron chi connectivity index (χ3n) is 6.23. The molecule has 0 bridgehead atoms. The van der Waals surface area contributed by atoms with Crippen LogP contribution in [0.3, 0.4) is 0 Å². The fraction of sp³-hybridized carbons (Fsp3) is 0.565. The number of hydrogen-bond acceptors (Lipinski definition) is 5. The minimum atomic E-state index is 0.113. The van der Waals surface area contributed by atoms with Gasteiger partial charge in [-0.3, -0.25) is 19.7 Å². The van der Waals surface area contributed by atoms with Gasteiger partial charge in [-0.25, -0.2) is 0 Å². The van der Waals surface area contributed by atoms with E-state index in [0.717, 1.165) is 62.2 Å². The van der Waals surface area contributed by atoms with Crippen LogP contribution in [0, 0.1) is 11.8 Å². The normalized spacial score (nSPS) is 19.4. The van der Waals surface area contributed by atoms with Crippen molar-refractivity contribution in [3.05, 3.63) is 30.6 Å². The number of nitrogens with one attached hydrogen (secondary N) is 2. The van der Waals surface area contributed by atoms with E-state index in [2.05, 4.69) is 20.5 Å². The molecule has 0 unspecified atom stereocenters. The van der Waals surface area contributed by atoms with Gasteiger partial charge in [0.05, 0.1) is 24.2 Å². The zero-order valence-electron chi connectivity index (χ0n) is 17.9. The van der Waals surface area contributed by atoms with Crippen LogP contribution in [0.1, 0.15) is 44.9 Å². The third kappa shape index (κ3) is 5.83. The first-order valence-corrected chi connectivity index (χ1v) is 11.3. The molecule has 1 saturated heterocycles. The van der Waals surface area contributed by atoms with Gasteiger partial charge in [0.25, 0.3) is 0 Å². The van der Waals surface area contributed by atoms with Crippen molar-refractivity contribution in [1.29, 1.82) is 0 Å². The van der Waals surface area contributed by atoms with Gasteiger partial charge in [-0.2, -0.15) is 5.10 Å². The highest BCUT2D eigenvalue weighted by Crippen LogP contribution is 2.24. The molecule has 2 fully saturated rings. The summed E-state index contributed by atoms with van der Waals surface area (Å²) in [7, 11) is 0. The van der Waals surface area contributed by atoms with Crippen LogP contribution in [-0.4, -0.2) is 58.1 Å². The molecule has 8 heteroatoms. The zero-order valence-corrected chi connectivity index (χ0v) is 17.9. The number of ether oxygens (including phenoxy) is 1. The number of carbonyl (C=O) groups excluding carboxylic acids is 2. The van der Waals surface area contributed by atoms with E-state index < -0.39 is 0 Å². The lowest BCUT2D eigenvalue weighted by atomic mass is 9.98. The fourth-order valence-corrected chi connectivity index (χ4v) is 4.45. The van der Waals surface area contributed by atoms with Crippen LogP contribution in [0.15, 0.2) is 30.6 Å². The number of aromatic nitrogens is 3. The highest BCUT2D eigenvalue weighted by Gasteiger charge is 2.25. The first kappa shape index (κ1) is 21.3. The average Bonchev–Trinajstić information content (AvgIpc) is 3.53. The Balaban J connectivity index is 1.18. The van der Waals surface area contributed by atoms with Crippen molar-refractivity contribution in [3.8, 4) is 17.1 Å². The molecule has 4 rings (SSSR count). The van der Waals surface area contributed by atoms with Crippen molar-refractivity contribution in [2.45, 2.75) is 44.9 Å². The number of H-pyrrole nitrogens is 1. The molecule has 31 heavy (non-hydrogen) atoms. The molecule has 2 aliphatic rings. The largest absolute Gasteiger partial charge is 0.492 e. The molecule has 2 aromatic heterocycles. The number of pyridine rings is 1. The Morgan fingerprint density at radius 2 is 2.03 bits per heavy atom. The average molecular weight is 426 g/mol. The maximum absolute atomic E-state index is 12.6. The third-order valence-corrected chi connectivity index (χ3v) is 6.23. The van der Waals surface area contributed by atoms with E-state index in [1.165, 1.54) is 0 Å². The van der Waals surface area contributed by atoms with Gasteiger partial charge in [0.1, 0.15) is 5.75 Å². The van der Waals surface area contributed by atoms with Crippen molar-refractivity contribution in [2.24, 2.45) is 11.8 Å². The minimum Gasteiger partial charge on any atom is -0.492 e. The molecule has 2 aromatic rings. The number of carbonyl (C=O) groups is 2. The maximum atomic E-state index is 12.6. The molecule has 1 aliphatic carbocycles. The molecular weight excluding hydrogens is 394 g/mol. The highest BCUT2D eigenvalue weighted by molar-refractivity contribution is 5.80. The molecule has 1 aliphatic heterocycles. The second-order valence-electron chi connectivity index (χ2n) is 8.53. The molecule has 0 radical (unpaired) electrons. The second kappa shape index (κ2) is 10.4. The van der Waals surface area contributed by atoms with Gasteiger partial charge in [-0.1, -0.05) is 12.8 Å². The number of likely N-dealkylation sites (tertiary alicyclic amines) is 1. The number of rotatable bonds is 8. The summed E-state index contributed by atoms with van der Waals surface area (Å²) in [4.78, 5) is 31.0. The van der Waals surface area contributed by atoms with Gasteiger partial charge in [0, 0.05) is 44.1 Å². The lowest BCUT2D eigenvalue weighted by Crippen LogP contribution is -2.43. The molecule has 0 spiro atoms. The van der Waals surface area contributed by atoms with Crippen molar-refractivity contribution < 1.29 is 14.3 Å². The SMILES string of the molecule is O=C(NCCC(=O)N1CCC[C@@H](COc2ccc(-c3ccn[nH]3)nc2)C1)C1CCCC1. The van der Waals surface area contributed by atoms with E-state index in [0.29, 0.717) is 32.0 Å². The number of aromatic amines is 1. The predicted molar refractivity (Wildman–Crippen MR) is 116 cm³/mol. The van der Waals surface area contributed by atoms with Gasteiger partial charge in [0.15, 0.2) is 0 Å². The van der Waals surface area contributed by atoms with Crippen LogP contribution in [0.25, 0.3) is 11.4 Å². The van der Waals surface area contributed by atoms with Crippen LogP contribution in [0.2, 0.25) is 0 Å². The quantitative estimate of drug-likeness (QED) is 0.677. The van der Waals surface area contributed by atoms with Crippen LogP contribution in [0.4, 0.5) is 0 Å². The summed E-state index contributed by atoms with van der Waals surface area (Å²) in [5.74, 6) is 1.40. The van der Waals surface area contributed by atoms with Crippen molar-refractivity contribution in [2.75, 3.05) is 26.2 Å². The van der Waals surface area contributed by atoms with E-state index in [4.69, 9.17) is 4.74 Å². The monoisotopic (exact) mass is 425 g/mol. The summed E-state index contributed by atoms with van der Waals surface area (Å²) >= 11 is 0. The molecular formula is C23H31N5O3. The first-order chi connectivity index (χ1) is 15.2. The number of amides is 2. The lowest BCUT2D eigenvalue weighted by molar-refractivity contribution is -0.133. The number of hydrogen-bond donors (Lipinski definition) is 2. The van der Waals surface area contributed by atoms with Crippen molar-refractivity contribution >= 4 is 11.8 Å². The van der Waals surface area contributed by atoms with Gasteiger partial charge in [0.2, 0.25) is 11.8 Å². The molecule has 2 N–H and O–H groups in total. The molecule has 1 saturated carbocycles. The Labute approximate surface area is 182 Å². The second-order valence-corrected chi connectivity index (χ2v) is 8.53. The first-order valence-electron chi connectivity index (χ1n) is 11.3. The molecule has 0 aromatic carbocycles. The van der Waals surface area contributed by atoms with E-state index in [9.17, 15) is 9.59 Å². The van der Waals surface area contributed by atoms with Gasteiger partial charge in [-0.05, 0) is 43.9 Å². The molecule has 2 amide bonds. The Morgan fingerprint density at radius 1 is 1.16 bits per heavy atom. The summed E-state index contributed by atoms with van der Waals surface area (Å²) in [6.45, 7) is 2.48. The van der Waals surface area contributed by atoms with Crippen LogP contribution in [-0.2, 0) is 9.59 Å². The van der Waals surface area contributed by atoms with Gasteiger partial charge in [-0.15, -0.1) is 0 Å². The maximum Gasteiger partial charge on any atom is 0.224 e. The molecule has 3 heterocycles. The zero-order chi connectivity index (χ0) is 21.5. The van der Waals surface area contributed by atoms with Crippen LogP contribution < -0.4 is 10.1 Å². The van der Waals surface area contributed by atoms with Crippen LogP contribution in [0.5, 0.6) is 5.75 Å². The smallest absolute Gasteiger partial charge is 0.224 e. The van der Waals surface area contributed by atoms with Crippen LogP contribution >= 0.6 is 0 Å². The summed E-state index contributed by atoms with van der Waals surface area (Å²) < 4.78 is 5.93. The summed E-state index contributed by atoms with van der Waals surface area (Å²) in [5.41, 5.74) is 1.69. The van der Waals surface area contributed by atoms with Gasteiger partial charge < -0.3 is 15.0 Å². The Hall–Kier alpha value is -2.90. The molecule has 166 valence electrons. The summed E-state index contributed by atoms with van der Waals surface area (Å²) in [6.07, 6.45) is 10.0. The topological polar surface area (TPSA) is 100 Å². The molecule has 1 atom stereocenters. The summed E-state index contributed by atoms with van der Waals surface area (Å²) in [5, 5.41) is 9.77. The number of nitrogens with zero attached hydrogens (tertiary/aromatic N) is 3. The van der Waals surface area contributed by atoms with Gasteiger partial charge >= 0.3 is 0 Å². The van der Waals surface area contributed by atoms with E-state index in [-0.39, 0.29) is 17.7 Å². The lowest BCUT2D eigenvalue weighted by Gasteiger charge is -2.32. The Bertz CT molecular complexity index is 847. The highest BCUT2D eigenvalue weighted by atomic mass is 16.5. The Kier molecular flexibility index (Phi) is 7.17. The fourth-order valence-electron chi connectivity index (χ4n) is 4.45. The van der Waals surface area contributed by atoms with E-state index >= 15 is 0 Å². The standard InChI is InChI=1S/C23H31N5O3/c29-22(10-11-24-23(30)18-5-1-2-6-18)28-13-3-4-17(15-28)16-31-19-7-8-20(25-14-19)21-9-12-26-27-21/h7-9,12,14,17-18H,1-6,10-11,13,15-16H2,(H,24,30)(H,26,27)/t17-/m1/s1. The van der Waals surface area contributed by atoms with Crippen molar-refractivity contribution in [3.63, 3.8) is 0 Å². The summed E-state index contributed by atoms with van der Waals surface area (Å²) in [6, 6.07) is 5.68. The number of piperidine rings is 1. The minimum absolute atomic E-state index is 0.113. The van der Waals surface area contributed by atoms with E-state index in [1.807, 2.05) is 23.1 Å². The van der Waals surface area contributed by atoms with Crippen molar-refractivity contribution in [1.82, 2.24) is 25.4 Å². The predicted octanol–water partition coefficient (Wildman–Crippen LogP) is 2.79. The Morgan fingerprint density at radius 3 is 2.77 bits per heavy atom. The molecule has 8 nitrogen and oxygen atoms in total. The van der Waals surface area contributed by atoms with E-state index in [1.54, 1.807) is 12.4 Å².